The highest BCUT2D eigenvalue weighted by Crippen LogP contribution is 2.19. The third kappa shape index (κ3) is 1.48. The van der Waals surface area contributed by atoms with Crippen LogP contribution in [0.5, 0.6) is 5.75 Å². The smallest absolute Gasteiger partial charge is 0.259 e. The fraction of sp³-hybridized carbons (Fsp3) is 0.125. The van der Waals surface area contributed by atoms with Crippen LogP contribution in [0.15, 0.2) is 23.0 Å². The van der Waals surface area contributed by atoms with Gasteiger partial charge in [-0.05, 0) is 13.0 Å². The summed E-state index contributed by atoms with van der Waals surface area (Å²) >= 11 is 0. The van der Waals surface area contributed by atoms with Crippen molar-refractivity contribution in [1.29, 1.82) is 0 Å². The Morgan fingerprint density at radius 2 is 2.23 bits per heavy atom. The van der Waals surface area contributed by atoms with Crippen LogP contribution in [0.3, 0.4) is 0 Å². The van der Waals surface area contributed by atoms with Gasteiger partial charge < -0.3 is 9.63 Å². The monoisotopic (exact) mass is 177 g/mol. The average Bonchev–Trinajstić information content (AvgIpc) is 2.52. The largest absolute Gasteiger partial charge is 0.506 e. The number of aromatic hydroxyl groups is 1. The zero-order chi connectivity index (χ0) is 9.26. The quantitative estimate of drug-likeness (QED) is 0.707. The van der Waals surface area contributed by atoms with E-state index in [-0.39, 0.29) is 5.75 Å². The maximum atomic E-state index is 9.13. The van der Waals surface area contributed by atoms with Crippen LogP contribution in [0.4, 0.5) is 0 Å². The van der Waals surface area contributed by atoms with Crippen molar-refractivity contribution in [3.63, 3.8) is 0 Å². The zero-order valence-electron chi connectivity index (χ0n) is 6.93. The molecule has 0 aliphatic carbocycles. The second-order valence-electron chi connectivity index (χ2n) is 2.58. The van der Waals surface area contributed by atoms with Gasteiger partial charge in [-0.25, -0.2) is 0 Å². The molecule has 0 amide bonds. The Balaban J connectivity index is 2.46. The highest BCUT2D eigenvalue weighted by Gasteiger charge is 2.06. The van der Waals surface area contributed by atoms with Gasteiger partial charge in [0.05, 0.1) is 11.8 Å². The molecule has 0 saturated heterocycles. The Hall–Kier alpha value is -1.91. The van der Waals surface area contributed by atoms with Crippen LogP contribution in [0.25, 0.3) is 11.5 Å². The van der Waals surface area contributed by atoms with Gasteiger partial charge in [0, 0.05) is 6.20 Å². The number of hydrogen-bond acceptors (Lipinski definition) is 5. The standard InChI is InChI=1S/C8H7N3O2/c1-5-10-8(13-11-5)6-2-7(12)4-9-3-6/h2-4,12H,1H3. The topological polar surface area (TPSA) is 72.0 Å². The summed E-state index contributed by atoms with van der Waals surface area (Å²) in [5.74, 6) is 0.993. The minimum absolute atomic E-state index is 0.0772. The third-order valence-electron chi connectivity index (χ3n) is 1.50. The van der Waals surface area contributed by atoms with E-state index in [0.717, 1.165) is 0 Å². The van der Waals surface area contributed by atoms with Crippen LogP contribution in [-0.2, 0) is 0 Å². The van der Waals surface area contributed by atoms with Gasteiger partial charge in [-0.3, -0.25) is 4.98 Å². The highest BCUT2D eigenvalue weighted by atomic mass is 16.5. The summed E-state index contributed by atoms with van der Waals surface area (Å²) in [4.78, 5) is 7.79. The Bertz CT molecular complexity index is 425. The fourth-order valence-corrected chi connectivity index (χ4v) is 0.959. The van der Waals surface area contributed by atoms with E-state index in [4.69, 9.17) is 9.63 Å². The number of rotatable bonds is 1. The lowest BCUT2D eigenvalue weighted by Gasteiger charge is -1.93. The number of pyridine rings is 1. The van der Waals surface area contributed by atoms with Crippen molar-refractivity contribution in [2.75, 3.05) is 0 Å². The minimum Gasteiger partial charge on any atom is -0.506 e. The fourth-order valence-electron chi connectivity index (χ4n) is 0.959. The van der Waals surface area contributed by atoms with E-state index in [1.807, 2.05) is 0 Å². The lowest BCUT2D eigenvalue weighted by Crippen LogP contribution is -1.79. The van der Waals surface area contributed by atoms with E-state index >= 15 is 0 Å². The van der Waals surface area contributed by atoms with Crippen molar-refractivity contribution in [3.8, 4) is 17.2 Å². The molecular weight excluding hydrogens is 170 g/mol. The normalized spacial score (nSPS) is 10.2. The lowest BCUT2D eigenvalue weighted by atomic mass is 10.3. The molecule has 0 aliphatic rings. The number of hydrogen-bond donors (Lipinski definition) is 1. The maximum absolute atomic E-state index is 9.13. The van der Waals surface area contributed by atoms with Gasteiger partial charge in [0.15, 0.2) is 5.82 Å². The molecule has 0 saturated carbocycles. The van der Waals surface area contributed by atoms with Crippen molar-refractivity contribution in [2.24, 2.45) is 0 Å². The van der Waals surface area contributed by atoms with Gasteiger partial charge in [0.25, 0.3) is 5.89 Å². The first kappa shape index (κ1) is 7.72. The van der Waals surface area contributed by atoms with Gasteiger partial charge >= 0.3 is 0 Å². The first-order chi connectivity index (χ1) is 6.25. The lowest BCUT2D eigenvalue weighted by molar-refractivity contribution is 0.424. The number of aryl methyl sites for hydroxylation is 1. The molecular formula is C8H7N3O2. The minimum atomic E-state index is 0.0772. The second kappa shape index (κ2) is 2.85. The van der Waals surface area contributed by atoms with E-state index in [1.165, 1.54) is 12.3 Å². The molecule has 0 fully saturated rings. The molecule has 2 aromatic rings. The summed E-state index contributed by atoms with van der Waals surface area (Å²) < 4.78 is 4.89. The van der Waals surface area contributed by atoms with E-state index in [2.05, 4.69) is 15.1 Å². The zero-order valence-corrected chi connectivity index (χ0v) is 6.93. The molecule has 0 aromatic carbocycles. The molecule has 0 atom stereocenters. The van der Waals surface area contributed by atoms with Gasteiger partial charge in [0.2, 0.25) is 0 Å². The summed E-state index contributed by atoms with van der Waals surface area (Å²) in [6, 6.07) is 1.51. The van der Waals surface area contributed by atoms with Crippen molar-refractivity contribution < 1.29 is 9.63 Å². The molecule has 0 radical (unpaired) electrons. The van der Waals surface area contributed by atoms with Crippen molar-refractivity contribution >= 4 is 0 Å². The molecule has 0 bridgehead atoms. The molecule has 5 heteroatoms. The maximum Gasteiger partial charge on any atom is 0.259 e. The third-order valence-corrected chi connectivity index (χ3v) is 1.50. The van der Waals surface area contributed by atoms with Crippen molar-refractivity contribution in [2.45, 2.75) is 6.92 Å². The predicted octanol–water partition coefficient (Wildman–Crippen LogP) is 1.15. The van der Waals surface area contributed by atoms with Gasteiger partial charge in [-0.1, -0.05) is 5.16 Å². The summed E-state index contributed by atoms with van der Waals surface area (Å²) in [6.07, 6.45) is 2.89. The van der Waals surface area contributed by atoms with Crippen molar-refractivity contribution in [3.05, 3.63) is 24.3 Å². The molecule has 0 aliphatic heterocycles. The van der Waals surface area contributed by atoms with Crippen LogP contribution in [0.2, 0.25) is 0 Å². The molecule has 0 unspecified atom stereocenters. The molecule has 2 aromatic heterocycles. The van der Waals surface area contributed by atoms with E-state index in [0.29, 0.717) is 17.3 Å². The summed E-state index contributed by atoms with van der Waals surface area (Å²) in [5.41, 5.74) is 0.612. The van der Waals surface area contributed by atoms with E-state index in [9.17, 15) is 0 Å². The highest BCUT2D eigenvalue weighted by molar-refractivity contribution is 5.53. The Morgan fingerprint density at radius 1 is 1.38 bits per heavy atom. The Kier molecular flexibility index (Phi) is 1.70. The molecule has 1 N–H and O–H groups in total. The van der Waals surface area contributed by atoms with Crippen molar-refractivity contribution in [1.82, 2.24) is 15.1 Å². The molecule has 13 heavy (non-hydrogen) atoms. The van der Waals surface area contributed by atoms with Crippen LogP contribution in [-0.4, -0.2) is 20.2 Å². The van der Waals surface area contributed by atoms with E-state index < -0.39 is 0 Å². The molecule has 66 valence electrons. The van der Waals surface area contributed by atoms with Crippen LogP contribution < -0.4 is 0 Å². The first-order valence-corrected chi connectivity index (χ1v) is 3.70. The predicted molar refractivity (Wildman–Crippen MR) is 43.9 cm³/mol. The summed E-state index contributed by atoms with van der Waals surface area (Å²) in [6.45, 7) is 1.73. The van der Waals surface area contributed by atoms with Crippen LogP contribution in [0, 0.1) is 6.92 Å². The van der Waals surface area contributed by atoms with Gasteiger partial charge in [0.1, 0.15) is 5.75 Å². The Labute approximate surface area is 74.1 Å². The summed E-state index contributed by atoms with van der Waals surface area (Å²) in [5, 5.41) is 12.8. The Morgan fingerprint density at radius 3 is 2.85 bits per heavy atom. The summed E-state index contributed by atoms with van der Waals surface area (Å²) in [7, 11) is 0. The average molecular weight is 177 g/mol. The molecule has 0 spiro atoms. The molecule has 5 nitrogen and oxygen atoms in total. The first-order valence-electron chi connectivity index (χ1n) is 3.70. The number of aromatic nitrogens is 3. The number of nitrogens with zero attached hydrogens (tertiary/aromatic N) is 3. The van der Waals surface area contributed by atoms with Gasteiger partial charge in [-0.2, -0.15) is 4.98 Å². The van der Waals surface area contributed by atoms with Gasteiger partial charge in [-0.15, -0.1) is 0 Å². The molecule has 2 heterocycles. The van der Waals surface area contributed by atoms with Crippen LogP contribution in [0.1, 0.15) is 5.82 Å². The van der Waals surface area contributed by atoms with E-state index in [1.54, 1.807) is 13.1 Å². The molecule has 2 rings (SSSR count). The van der Waals surface area contributed by atoms with Crippen LogP contribution >= 0.6 is 0 Å². The second-order valence-corrected chi connectivity index (χ2v) is 2.58. The SMILES string of the molecule is Cc1noc(-c2cncc(O)c2)n1.